The number of hydrogen-bond acceptors (Lipinski definition) is 3. The Morgan fingerprint density at radius 1 is 1.14 bits per heavy atom. The zero-order chi connectivity index (χ0) is 20.9. The van der Waals surface area contributed by atoms with Crippen molar-refractivity contribution < 1.29 is 22.7 Å². The molecule has 1 heterocycles. The fourth-order valence-corrected chi connectivity index (χ4v) is 4.89. The van der Waals surface area contributed by atoms with E-state index in [2.05, 4.69) is 4.72 Å². The fraction of sp³-hybridized carbons (Fsp3) is 0.381. The first-order valence-electron chi connectivity index (χ1n) is 9.65. The molecule has 0 amide bonds. The second-order valence-corrected chi connectivity index (χ2v) is 9.42. The highest BCUT2D eigenvalue weighted by molar-refractivity contribution is 7.89. The number of carbonyl (C=O) groups is 1. The van der Waals surface area contributed by atoms with Gasteiger partial charge in [0.05, 0.1) is 24.4 Å². The second-order valence-electron chi connectivity index (χ2n) is 7.49. The van der Waals surface area contributed by atoms with Crippen LogP contribution in [0.5, 0.6) is 0 Å². The summed E-state index contributed by atoms with van der Waals surface area (Å²) < 4.78 is 41.7. The predicted molar refractivity (Wildman–Crippen MR) is 111 cm³/mol. The third-order valence-corrected chi connectivity index (χ3v) is 6.83. The molecule has 2 aromatic rings. The Hall–Kier alpha value is -2.29. The Morgan fingerprint density at radius 2 is 1.83 bits per heavy atom. The molecule has 1 unspecified atom stereocenters. The van der Waals surface area contributed by atoms with Gasteiger partial charge in [0.2, 0.25) is 10.0 Å². The highest BCUT2D eigenvalue weighted by Gasteiger charge is 2.40. The number of nitrogens with one attached hydrogen (secondary N) is 1. The first-order chi connectivity index (χ1) is 13.8. The van der Waals surface area contributed by atoms with Crippen molar-refractivity contribution in [2.24, 2.45) is 0 Å². The van der Waals surface area contributed by atoms with Crippen LogP contribution in [0.3, 0.4) is 0 Å². The van der Waals surface area contributed by atoms with Crippen molar-refractivity contribution in [3.05, 3.63) is 65.7 Å². The quantitative estimate of drug-likeness (QED) is 0.610. The van der Waals surface area contributed by atoms with Crippen molar-refractivity contribution in [3.8, 4) is 0 Å². The Kier molecular flexibility index (Phi) is 6.66. The van der Waals surface area contributed by atoms with Gasteiger partial charge in [-0.25, -0.2) is 22.3 Å². The van der Waals surface area contributed by atoms with E-state index in [0.29, 0.717) is 42.5 Å². The zero-order valence-electron chi connectivity index (χ0n) is 16.1. The van der Waals surface area contributed by atoms with Gasteiger partial charge in [0, 0.05) is 19.4 Å². The maximum atomic E-state index is 14.0. The van der Waals surface area contributed by atoms with Gasteiger partial charge in [-0.1, -0.05) is 30.3 Å². The van der Waals surface area contributed by atoms with Crippen molar-refractivity contribution in [2.45, 2.75) is 25.6 Å². The standard InChI is InChI=1S/C21H25FN2O4S/c22-19-11-13-24(16-19,20-5-2-1-3-6-20)12-4-14-29(27,28)23-15-17-7-9-18(10-8-17)21(25)26/h1-3,5-10,19,23H,4,11-16H2/p+1/t19?,24-/m0/s1. The van der Waals surface area contributed by atoms with E-state index in [9.17, 15) is 17.6 Å². The number of nitrogens with zero attached hydrogens (tertiary/aromatic N) is 1. The molecule has 0 aromatic heterocycles. The molecule has 0 bridgehead atoms. The fourth-order valence-electron chi connectivity index (χ4n) is 3.85. The summed E-state index contributed by atoms with van der Waals surface area (Å²) in [5.41, 5.74) is 1.87. The first-order valence-corrected chi connectivity index (χ1v) is 11.3. The summed E-state index contributed by atoms with van der Waals surface area (Å²) in [6, 6.07) is 15.8. The van der Waals surface area contributed by atoms with Crippen molar-refractivity contribution in [1.29, 1.82) is 0 Å². The number of quaternary nitrogens is 1. The number of sulfonamides is 1. The van der Waals surface area contributed by atoms with Crippen LogP contribution in [0.25, 0.3) is 0 Å². The molecule has 0 radical (unpaired) electrons. The molecule has 156 valence electrons. The lowest BCUT2D eigenvalue weighted by molar-refractivity contribution is 0.0697. The van der Waals surface area contributed by atoms with E-state index in [1.54, 1.807) is 12.1 Å². The number of benzene rings is 2. The normalized spacial score (nSPS) is 21.9. The van der Waals surface area contributed by atoms with Gasteiger partial charge in [-0.2, -0.15) is 0 Å². The van der Waals surface area contributed by atoms with Crippen LogP contribution >= 0.6 is 0 Å². The van der Waals surface area contributed by atoms with E-state index >= 15 is 0 Å². The minimum absolute atomic E-state index is 0.0377. The lowest BCUT2D eigenvalue weighted by atomic mass is 10.1. The SMILES string of the molecule is O=C(O)c1ccc(CNS(=O)(=O)CCC[N@+]2(c3ccccc3)CCC(F)C2)cc1. The largest absolute Gasteiger partial charge is 0.478 e. The van der Waals surface area contributed by atoms with Gasteiger partial charge < -0.3 is 5.11 Å². The van der Waals surface area contributed by atoms with Crippen LogP contribution in [0.1, 0.15) is 28.8 Å². The maximum absolute atomic E-state index is 14.0. The molecule has 3 rings (SSSR count). The minimum atomic E-state index is -3.49. The van der Waals surface area contributed by atoms with Gasteiger partial charge in [-0.3, -0.25) is 4.48 Å². The summed E-state index contributed by atoms with van der Waals surface area (Å²) in [5, 5.41) is 8.91. The smallest absolute Gasteiger partial charge is 0.335 e. The van der Waals surface area contributed by atoms with Gasteiger partial charge in [-0.05, 0) is 29.8 Å². The summed E-state index contributed by atoms with van der Waals surface area (Å²) >= 11 is 0. The Balaban J connectivity index is 1.56. The molecule has 0 spiro atoms. The van der Waals surface area contributed by atoms with Crippen LogP contribution < -0.4 is 9.21 Å². The molecular formula is C21H26FN2O4S+. The van der Waals surface area contributed by atoms with Crippen molar-refractivity contribution in [1.82, 2.24) is 9.21 Å². The van der Waals surface area contributed by atoms with Gasteiger partial charge in [0.15, 0.2) is 6.17 Å². The molecule has 2 aromatic carbocycles. The van der Waals surface area contributed by atoms with Crippen LogP contribution in [-0.2, 0) is 16.6 Å². The number of alkyl halides is 1. The highest BCUT2D eigenvalue weighted by Crippen LogP contribution is 2.31. The van der Waals surface area contributed by atoms with Gasteiger partial charge in [-0.15, -0.1) is 0 Å². The number of halogens is 1. The number of aromatic carboxylic acids is 1. The van der Waals surface area contributed by atoms with Crippen LogP contribution in [0.4, 0.5) is 10.1 Å². The number of carboxylic acid groups (broad SMARTS) is 1. The number of likely N-dealkylation sites (tertiary alicyclic amines) is 1. The maximum Gasteiger partial charge on any atom is 0.335 e. The van der Waals surface area contributed by atoms with E-state index in [1.165, 1.54) is 12.1 Å². The van der Waals surface area contributed by atoms with E-state index < -0.39 is 22.2 Å². The van der Waals surface area contributed by atoms with Crippen molar-refractivity contribution >= 4 is 21.7 Å². The van der Waals surface area contributed by atoms with E-state index in [-0.39, 0.29) is 17.9 Å². The molecule has 2 N–H and O–H groups in total. The lowest BCUT2D eigenvalue weighted by Gasteiger charge is -2.33. The minimum Gasteiger partial charge on any atom is -0.478 e. The highest BCUT2D eigenvalue weighted by atomic mass is 32.2. The van der Waals surface area contributed by atoms with Gasteiger partial charge in [0.1, 0.15) is 12.2 Å². The van der Waals surface area contributed by atoms with Crippen LogP contribution in [-0.4, -0.2) is 51.1 Å². The molecular weight excluding hydrogens is 395 g/mol. The third-order valence-electron chi connectivity index (χ3n) is 5.42. The molecule has 29 heavy (non-hydrogen) atoms. The first kappa shape index (κ1) is 21.4. The number of para-hydroxylation sites is 1. The van der Waals surface area contributed by atoms with E-state index in [0.717, 1.165) is 5.69 Å². The van der Waals surface area contributed by atoms with Crippen molar-refractivity contribution in [2.75, 3.05) is 25.4 Å². The van der Waals surface area contributed by atoms with Crippen LogP contribution in [0.2, 0.25) is 0 Å². The summed E-state index contributed by atoms with van der Waals surface area (Å²) in [4.78, 5) is 10.9. The molecule has 1 aliphatic rings. The van der Waals surface area contributed by atoms with Crippen LogP contribution in [0.15, 0.2) is 54.6 Å². The Morgan fingerprint density at radius 3 is 2.41 bits per heavy atom. The van der Waals surface area contributed by atoms with Crippen molar-refractivity contribution in [3.63, 3.8) is 0 Å². The summed E-state index contributed by atoms with van der Waals surface area (Å²) in [6.07, 6.45) is 0.0555. The van der Waals surface area contributed by atoms with E-state index in [1.807, 2.05) is 30.3 Å². The summed E-state index contributed by atoms with van der Waals surface area (Å²) in [5.74, 6) is -1.06. The molecule has 0 saturated carbocycles. The molecule has 8 heteroatoms. The van der Waals surface area contributed by atoms with Crippen LogP contribution in [0, 0.1) is 0 Å². The molecule has 1 fully saturated rings. The van der Waals surface area contributed by atoms with Gasteiger partial charge in [0.25, 0.3) is 0 Å². The monoisotopic (exact) mass is 421 g/mol. The third kappa shape index (κ3) is 5.62. The molecule has 1 aliphatic heterocycles. The molecule has 6 nitrogen and oxygen atoms in total. The number of carboxylic acids is 1. The van der Waals surface area contributed by atoms with E-state index in [4.69, 9.17) is 5.11 Å². The molecule has 2 atom stereocenters. The number of hydrogen-bond donors (Lipinski definition) is 2. The second kappa shape index (κ2) is 9.02. The Bertz CT molecular complexity index is 935. The number of rotatable bonds is 9. The predicted octanol–water partition coefficient (Wildman–Crippen LogP) is 2.94. The zero-order valence-corrected chi connectivity index (χ0v) is 16.9. The van der Waals surface area contributed by atoms with Gasteiger partial charge >= 0.3 is 5.97 Å². The summed E-state index contributed by atoms with van der Waals surface area (Å²) in [6.45, 7) is 1.73. The molecule has 0 aliphatic carbocycles. The molecule has 1 saturated heterocycles. The Labute approximate surface area is 170 Å². The average Bonchev–Trinajstić information content (AvgIpc) is 3.09. The lowest BCUT2D eigenvalue weighted by Crippen LogP contribution is -2.48. The average molecular weight is 422 g/mol. The topological polar surface area (TPSA) is 83.5 Å². The summed E-state index contributed by atoms with van der Waals surface area (Å²) in [7, 11) is -3.49.